The highest BCUT2D eigenvalue weighted by Gasteiger charge is 2.13. The summed E-state index contributed by atoms with van der Waals surface area (Å²) in [4.78, 5) is 4.40. The smallest absolute Gasteiger partial charge is 0.0705 e. The van der Waals surface area contributed by atoms with E-state index in [1.165, 1.54) is 23.8 Å². The molecular formula is C16H20N2O. The second kappa shape index (κ2) is 6.13. The molecule has 0 radical (unpaired) electrons. The van der Waals surface area contributed by atoms with Crippen LogP contribution in [0.4, 0.5) is 0 Å². The van der Waals surface area contributed by atoms with E-state index in [9.17, 15) is 0 Å². The maximum Gasteiger partial charge on any atom is 0.0705 e. The average molecular weight is 256 g/mol. The minimum Gasteiger partial charge on any atom is -0.381 e. The molecule has 2 heterocycles. The first-order chi connectivity index (χ1) is 9.43. The molecule has 1 aliphatic rings. The Labute approximate surface area is 114 Å². The zero-order valence-corrected chi connectivity index (χ0v) is 11.1. The number of benzene rings is 1. The molecule has 0 atom stereocenters. The van der Waals surface area contributed by atoms with Gasteiger partial charge in [-0.2, -0.15) is 0 Å². The SMILES string of the molecule is c1ccc2c(CNCC3CCOCC3)ccnc2c1. The number of pyridine rings is 1. The van der Waals surface area contributed by atoms with Crippen molar-refractivity contribution in [2.45, 2.75) is 19.4 Å². The summed E-state index contributed by atoms with van der Waals surface area (Å²) in [6, 6.07) is 10.4. The molecule has 100 valence electrons. The molecule has 19 heavy (non-hydrogen) atoms. The van der Waals surface area contributed by atoms with E-state index in [1.807, 2.05) is 12.3 Å². The zero-order valence-electron chi connectivity index (χ0n) is 11.1. The molecular weight excluding hydrogens is 236 g/mol. The fourth-order valence-corrected chi connectivity index (χ4v) is 2.67. The summed E-state index contributed by atoms with van der Waals surface area (Å²) in [6.07, 6.45) is 4.27. The van der Waals surface area contributed by atoms with Crippen LogP contribution in [0.15, 0.2) is 36.5 Å². The van der Waals surface area contributed by atoms with Crippen LogP contribution in [-0.4, -0.2) is 24.7 Å². The standard InChI is InChI=1S/C16H20N2O/c1-2-4-16-15(3-1)14(5-8-18-16)12-17-11-13-6-9-19-10-7-13/h1-5,8,13,17H,6-7,9-12H2. The summed E-state index contributed by atoms with van der Waals surface area (Å²) in [6.45, 7) is 3.84. The number of hydrogen-bond acceptors (Lipinski definition) is 3. The van der Waals surface area contributed by atoms with Crippen LogP contribution in [0.25, 0.3) is 10.9 Å². The van der Waals surface area contributed by atoms with E-state index in [0.29, 0.717) is 0 Å². The Morgan fingerprint density at radius 2 is 2.00 bits per heavy atom. The second-order valence-corrected chi connectivity index (χ2v) is 5.17. The van der Waals surface area contributed by atoms with Crippen molar-refractivity contribution in [3.8, 4) is 0 Å². The van der Waals surface area contributed by atoms with Gasteiger partial charge in [-0.25, -0.2) is 0 Å². The summed E-state index contributed by atoms with van der Waals surface area (Å²) in [7, 11) is 0. The lowest BCUT2D eigenvalue weighted by Gasteiger charge is -2.22. The maximum absolute atomic E-state index is 5.39. The summed E-state index contributed by atoms with van der Waals surface area (Å²) in [5.41, 5.74) is 2.41. The molecule has 0 unspecified atom stereocenters. The predicted molar refractivity (Wildman–Crippen MR) is 77.0 cm³/mol. The van der Waals surface area contributed by atoms with E-state index < -0.39 is 0 Å². The van der Waals surface area contributed by atoms with Gasteiger partial charge in [-0.15, -0.1) is 0 Å². The summed E-state index contributed by atoms with van der Waals surface area (Å²) >= 11 is 0. The Hall–Kier alpha value is -1.45. The monoisotopic (exact) mass is 256 g/mol. The van der Waals surface area contributed by atoms with Crippen molar-refractivity contribution < 1.29 is 4.74 Å². The Balaban J connectivity index is 1.62. The van der Waals surface area contributed by atoms with Crippen molar-refractivity contribution >= 4 is 10.9 Å². The lowest BCUT2D eigenvalue weighted by atomic mass is 10.0. The third-order valence-electron chi connectivity index (χ3n) is 3.83. The Kier molecular flexibility index (Phi) is 4.06. The summed E-state index contributed by atoms with van der Waals surface area (Å²) in [5, 5.41) is 4.83. The fourth-order valence-electron chi connectivity index (χ4n) is 2.67. The third-order valence-corrected chi connectivity index (χ3v) is 3.83. The van der Waals surface area contributed by atoms with E-state index in [4.69, 9.17) is 4.74 Å². The summed E-state index contributed by atoms with van der Waals surface area (Å²) < 4.78 is 5.39. The minimum atomic E-state index is 0.766. The van der Waals surface area contributed by atoms with Gasteiger partial charge in [-0.05, 0) is 43.0 Å². The molecule has 3 heteroatoms. The van der Waals surface area contributed by atoms with Gasteiger partial charge in [-0.3, -0.25) is 4.98 Å². The first-order valence-electron chi connectivity index (χ1n) is 7.04. The first kappa shape index (κ1) is 12.6. The summed E-state index contributed by atoms with van der Waals surface area (Å²) in [5.74, 6) is 0.766. The normalized spacial score (nSPS) is 16.8. The maximum atomic E-state index is 5.39. The average Bonchev–Trinajstić information content (AvgIpc) is 2.49. The zero-order chi connectivity index (χ0) is 12.9. The fraction of sp³-hybridized carbons (Fsp3) is 0.438. The molecule has 1 saturated heterocycles. The molecule has 1 aliphatic heterocycles. The van der Waals surface area contributed by atoms with Crippen molar-refractivity contribution in [3.05, 3.63) is 42.1 Å². The van der Waals surface area contributed by atoms with Crippen LogP contribution >= 0.6 is 0 Å². The number of aromatic nitrogens is 1. The van der Waals surface area contributed by atoms with Gasteiger partial charge in [0.2, 0.25) is 0 Å². The van der Waals surface area contributed by atoms with Crippen molar-refractivity contribution in [2.24, 2.45) is 5.92 Å². The third kappa shape index (κ3) is 3.11. The van der Waals surface area contributed by atoms with Crippen molar-refractivity contribution in [1.29, 1.82) is 0 Å². The number of fused-ring (bicyclic) bond motifs is 1. The minimum absolute atomic E-state index is 0.766. The molecule has 0 saturated carbocycles. The van der Waals surface area contributed by atoms with Crippen molar-refractivity contribution in [1.82, 2.24) is 10.3 Å². The Bertz CT molecular complexity index is 530. The predicted octanol–water partition coefficient (Wildman–Crippen LogP) is 2.75. The Morgan fingerprint density at radius 3 is 2.89 bits per heavy atom. The van der Waals surface area contributed by atoms with Gasteiger partial charge in [0.05, 0.1) is 5.52 Å². The molecule has 0 bridgehead atoms. The second-order valence-electron chi connectivity index (χ2n) is 5.17. The molecule has 3 nitrogen and oxygen atoms in total. The number of rotatable bonds is 4. The molecule has 0 aliphatic carbocycles. The first-order valence-corrected chi connectivity index (χ1v) is 7.04. The van der Waals surface area contributed by atoms with Crippen LogP contribution < -0.4 is 5.32 Å². The quantitative estimate of drug-likeness (QED) is 0.913. The van der Waals surface area contributed by atoms with E-state index >= 15 is 0 Å². The number of nitrogens with zero attached hydrogens (tertiary/aromatic N) is 1. The van der Waals surface area contributed by atoms with Crippen LogP contribution in [0, 0.1) is 5.92 Å². The molecule has 0 spiro atoms. The molecule has 2 aromatic rings. The Morgan fingerprint density at radius 1 is 1.16 bits per heavy atom. The molecule has 0 amide bonds. The van der Waals surface area contributed by atoms with E-state index in [1.54, 1.807) is 0 Å². The largest absolute Gasteiger partial charge is 0.381 e. The molecule has 1 aromatic carbocycles. The van der Waals surface area contributed by atoms with Gasteiger partial charge in [0.15, 0.2) is 0 Å². The van der Waals surface area contributed by atoms with Gasteiger partial charge < -0.3 is 10.1 Å². The van der Waals surface area contributed by atoms with E-state index in [2.05, 4.69) is 34.6 Å². The lowest BCUT2D eigenvalue weighted by Crippen LogP contribution is -2.27. The van der Waals surface area contributed by atoms with Crippen molar-refractivity contribution in [3.63, 3.8) is 0 Å². The van der Waals surface area contributed by atoms with Gasteiger partial charge in [-0.1, -0.05) is 18.2 Å². The highest BCUT2D eigenvalue weighted by molar-refractivity contribution is 5.81. The highest BCUT2D eigenvalue weighted by Crippen LogP contribution is 2.17. The van der Waals surface area contributed by atoms with E-state index in [-0.39, 0.29) is 0 Å². The van der Waals surface area contributed by atoms with Gasteiger partial charge in [0, 0.05) is 31.3 Å². The number of hydrogen-bond donors (Lipinski definition) is 1. The van der Waals surface area contributed by atoms with Crippen LogP contribution in [0.2, 0.25) is 0 Å². The van der Waals surface area contributed by atoms with Crippen molar-refractivity contribution in [2.75, 3.05) is 19.8 Å². The highest BCUT2D eigenvalue weighted by atomic mass is 16.5. The molecule has 3 rings (SSSR count). The lowest BCUT2D eigenvalue weighted by molar-refractivity contribution is 0.0662. The molecule has 1 fully saturated rings. The number of para-hydroxylation sites is 1. The van der Waals surface area contributed by atoms with Gasteiger partial charge >= 0.3 is 0 Å². The topological polar surface area (TPSA) is 34.1 Å². The van der Waals surface area contributed by atoms with Crippen LogP contribution in [-0.2, 0) is 11.3 Å². The molecule has 1 aromatic heterocycles. The van der Waals surface area contributed by atoms with Gasteiger partial charge in [0.25, 0.3) is 0 Å². The number of ether oxygens (including phenoxy) is 1. The molecule has 1 N–H and O–H groups in total. The van der Waals surface area contributed by atoms with Crippen LogP contribution in [0.1, 0.15) is 18.4 Å². The van der Waals surface area contributed by atoms with Crippen LogP contribution in [0.3, 0.4) is 0 Å². The van der Waals surface area contributed by atoms with Gasteiger partial charge in [0.1, 0.15) is 0 Å². The van der Waals surface area contributed by atoms with E-state index in [0.717, 1.165) is 37.7 Å². The number of nitrogens with one attached hydrogen (secondary N) is 1. The van der Waals surface area contributed by atoms with Crippen LogP contribution in [0.5, 0.6) is 0 Å².